The monoisotopic (exact) mass is 588 g/mol. The van der Waals surface area contributed by atoms with Crippen molar-refractivity contribution in [1.29, 1.82) is 0 Å². The highest BCUT2D eigenvalue weighted by molar-refractivity contribution is 9.10. The molecule has 2 atom stereocenters. The molecule has 0 radical (unpaired) electrons. The zero-order chi connectivity index (χ0) is 27.3. The lowest BCUT2D eigenvalue weighted by Gasteiger charge is -2.39. The number of rotatable bonds is 7. The van der Waals surface area contributed by atoms with Crippen LogP contribution in [0.2, 0.25) is 0 Å². The third kappa shape index (κ3) is 7.16. The first-order valence-corrected chi connectivity index (χ1v) is 13.1. The van der Waals surface area contributed by atoms with E-state index < -0.39 is 17.6 Å². The highest BCUT2D eigenvalue weighted by atomic mass is 79.9. The molecule has 1 aliphatic heterocycles. The van der Waals surface area contributed by atoms with Gasteiger partial charge in [-0.05, 0) is 42.0 Å². The predicted octanol–water partition coefficient (Wildman–Crippen LogP) is 6.43. The molecular weight excluding hydrogens is 561 g/mol. The standard InChI is InChI=1S/C29H28BrF3N2O3/c1-34(18-20-7-3-2-4-8-20)27(36)16-22-19-35(14-13-26(22)38-25-12-6-11-24(30)17-25)28(37)21-9-5-10-23(15-21)29(31,32)33/h2-12,15,17,22,26H,13-14,16,18-19H2,1H3/t22-,26-/m0/s1. The largest absolute Gasteiger partial charge is 0.490 e. The van der Waals surface area contributed by atoms with Crippen LogP contribution < -0.4 is 4.74 Å². The van der Waals surface area contributed by atoms with Crippen LogP contribution in [0.3, 0.4) is 0 Å². The van der Waals surface area contributed by atoms with Crippen LogP contribution in [-0.2, 0) is 17.5 Å². The molecule has 0 aromatic heterocycles. The fourth-order valence-corrected chi connectivity index (χ4v) is 4.98. The van der Waals surface area contributed by atoms with Crippen LogP contribution in [0.25, 0.3) is 0 Å². The Labute approximate surface area is 228 Å². The van der Waals surface area contributed by atoms with Crippen molar-refractivity contribution in [1.82, 2.24) is 9.80 Å². The number of carbonyl (C=O) groups is 2. The number of amides is 2. The Balaban J connectivity index is 1.51. The minimum Gasteiger partial charge on any atom is -0.490 e. The Morgan fingerprint density at radius 2 is 1.76 bits per heavy atom. The molecule has 1 aliphatic rings. The highest BCUT2D eigenvalue weighted by Gasteiger charge is 2.36. The third-order valence-electron chi connectivity index (χ3n) is 6.60. The van der Waals surface area contributed by atoms with E-state index in [0.29, 0.717) is 25.3 Å². The van der Waals surface area contributed by atoms with Gasteiger partial charge < -0.3 is 14.5 Å². The summed E-state index contributed by atoms with van der Waals surface area (Å²) in [6.07, 6.45) is -4.31. The molecule has 2 amide bonds. The highest BCUT2D eigenvalue weighted by Crippen LogP contribution is 2.31. The van der Waals surface area contributed by atoms with Gasteiger partial charge in [-0.15, -0.1) is 0 Å². The molecule has 1 heterocycles. The molecule has 0 N–H and O–H groups in total. The quantitative estimate of drug-likeness (QED) is 0.320. The first-order valence-electron chi connectivity index (χ1n) is 12.3. The van der Waals surface area contributed by atoms with E-state index in [2.05, 4.69) is 15.9 Å². The van der Waals surface area contributed by atoms with Gasteiger partial charge in [0, 0.05) is 55.5 Å². The van der Waals surface area contributed by atoms with Crippen LogP contribution in [0.4, 0.5) is 13.2 Å². The van der Waals surface area contributed by atoms with Gasteiger partial charge in [0.15, 0.2) is 0 Å². The number of piperidine rings is 1. The molecule has 1 saturated heterocycles. The van der Waals surface area contributed by atoms with Gasteiger partial charge in [0.25, 0.3) is 5.91 Å². The van der Waals surface area contributed by atoms with Crippen molar-refractivity contribution in [3.05, 3.63) is 100 Å². The number of alkyl halides is 3. The summed E-state index contributed by atoms with van der Waals surface area (Å²) < 4.78 is 46.7. The van der Waals surface area contributed by atoms with Crippen molar-refractivity contribution >= 4 is 27.7 Å². The number of hydrogen-bond donors (Lipinski definition) is 0. The molecule has 5 nitrogen and oxygen atoms in total. The van der Waals surface area contributed by atoms with E-state index in [0.717, 1.165) is 22.2 Å². The van der Waals surface area contributed by atoms with Crippen molar-refractivity contribution in [3.8, 4) is 5.75 Å². The van der Waals surface area contributed by atoms with Crippen LogP contribution in [0.1, 0.15) is 34.3 Å². The molecule has 4 rings (SSSR count). The van der Waals surface area contributed by atoms with E-state index >= 15 is 0 Å². The fraction of sp³-hybridized carbons (Fsp3) is 0.310. The van der Waals surface area contributed by atoms with E-state index in [1.54, 1.807) is 11.9 Å². The predicted molar refractivity (Wildman–Crippen MR) is 142 cm³/mol. The lowest BCUT2D eigenvalue weighted by atomic mass is 9.90. The number of likely N-dealkylation sites (tertiary alicyclic amines) is 1. The second-order valence-corrected chi connectivity index (χ2v) is 10.3. The molecular formula is C29H28BrF3N2O3. The van der Waals surface area contributed by atoms with Gasteiger partial charge in [-0.25, -0.2) is 0 Å². The first kappa shape index (κ1) is 27.7. The second-order valence-electron chi connectivity index (χ2n) is 9.43. The van der Waals surface area contributed by atoms with Crippen molar-refractivity contribution in [2.75, 3.05) is 20.1 Å². The lowest BCUT2D eigenvalue weighted by molar-refractivity contribution is -0.137. The second kappa shape index (κ2) is 12.0. The Bertz CT molecular complexity index is 1270. The third-order valence-corrected chi connectivity index (χ3v) is 7.09. The summed E-state index contributed by atoms with van der Waals surface area (Å²) in [5.74, 6) is -0.303. The van der Waals surface area contributed by atoms with Crippen molar-refractivity contribution in [2.24, 2.45) is 5.92 Å². The summed E-state index contributed by atoms with van der Waals surface area (Å²) in [5, 5.41) is 0. The Kier molecular flexibility index (Phi) is 8.76. The molecule has 9 heteroatoms. The minimum atomic E-state index is -4.54. The number of benzene rings is 3. The van der Waals surface area contributed by atoms with Gasteiger partial charge in [0.1, 0.15) is 11.9 Å². The molecule has 38 heavy (non-hydrogen) atoms. The molecule has 0 unspecified atom stereocenters. The first-order chi connectivity index (χ1) is 18.1. The van der Waals surface area contributed by atoms with Gasteiger partial charge in [-0.3, -0.25) is 9.59 Å². The van der Waals surface area contributed by atoms with E-state index in [1.807, 2.05) is 54.6 Å². The summed E-state index contributed by atoms with van der Waals surface area (Å²) in [5.41, 5.74) is 0.0956. The molecule has 0 saturated carbocycles. The van der Waals surface area contributed by atoms with Crippen LogP contribution >= 0.6 is 15.9 Å². The van der Waals surface area contributed by atoms with Gasteiger partial charge >= 0.3 is 6.18 Å². The maximum atomic E-state index is 13.2. The van der Waals surface area contributed by atoms with Gasteiger partial charge in [-0.1, -0.05) is 58.4 Å². The van der Waals surface area contributed by atoms with Crippen molar-refractivity contribution in [2.45, 2.75) is 31.7 Å². The summed E-state index contributed by atoms with van der Waals surface area (Å²) in [7, 11) is 1.73. The zero-order valence-corrected chi connectivity index (χ0v) is 22.4. The Morgan fingerprint density at radius 3 is 2.47 bits per heavy atom. The number of carbonyl (C=O) groups excluding carboxylic acids is 2. The van der Waals surface area contributed by atoms with Crippen molar-refractivity contribution < 1.29 is 27.5 Å². The van der Waals surface area contributed by atoms with Crippen LogP contribution in [0.5, 0.6) is 5.75 Å². The molecule has 3 aromatic carbocycles. The van der Waals surface area contributed by atoms with Gasteiger partial charge in [-0.2, -0.15) is 13.2 Å². The number of ether oxygens (including phenoxy) is 1. The molecule has 0 spiro atoms. The SMILES string of the molecule is CN(Cc1ccccc1)C(=O)C[C@H]1CN(C(=O)c2cccc(C(F)(F)F)c2)CC[C@@H]1Oc1cccc(Br)c1. The number of hydrogen-bond acceptors (Lipinski definition) is 3. The fourth-order valence-electron chi connectivity index (χ4n) is 4.60. The minimum absolute atomic E-state index is 0.0301. The molecule has 1 fully saturated rings. The average Bonchev–Trinajstić information content (AvgIpc) is 2.89. The maximum Gasteiger partial charge on any atom is 0.416 e. The van der Waals surface area contributed by atoms with Gasteiger partial charge in [0.05, 0.1) is 5.56 Å². The molecule has 0 bridgehead atoms. The van der Waals surface area contributed by atoms with E-state index in [1.165, 1.54) is 17.0 Å². The van der Waals surface area contributed by atoms with Crippen molar-refractivity contribution in [3.63, 3.8) is 0 Å². The summed E-state index contributed by atoms with van der Waals surface area (Å²) in [4.78, 5) is 29.6. The summed E-state index contributed by atoms with van der Waals surface area (Å²) in [6, 6.07) is 21.4. The summed E-state index contributed by atoms with van der Waals surface area (Å²) >= 11 is 3.43. The average molecular weight is 589 g/mol. The number of halogens is 4. The zero-order valence-electron chi connectivity index (χ0n) is 20.8. The Hall–Kier alpha value is -3.33. The normalized spacial score (nSPS) is 17.7. The smallest absolute Gasteiger partial charge is 0.416 e. The molecule has 200 valence electrons. The molecule has 3 aromatic rings. The topological polar surface area (TPSA) is 49.9 Å². The molecule has 0 aliphatic carbocycles. The van der Waals surface area contributed by atoms with E-state index in [4.69, 9.17) is 4.74 Å². The van der Waals surface area contributed by atoms with Crippen LogP contribution in [0, 0.1) is 5.92 Å². The Morgan fingerprint density at radius 1 is 1.03 bits per heavy atom. The van der Waals surface area contributed by atoms with Gasteiger partial charge in [0.2, 0.25) is 5.91 Å². The lowest BCUT2D eigenvalue weighted by Crippen LogP contribution is -2.49. The van der Waals surface area contributed by atoms with E-state index in [9.17, 15) is 22.8 Å². The van der Waals surface area contributed by atoms with Crippen LogP contribution in [-0.4, -0.2) is 47.9 Å². The van der Waals surface area contributed by atoms with E-state index in [-0.39, 0.29) is 36.5 Å². The number of nitrogens with zero attached hydrogens (tertiary/aromatic N) is 2. The van der Waals surface area contributed by atoms with Crippen LogP contribution in [0.15, 0.2) is 83.3 Å². The summed E-state index contributed by atoms with van der Waals surface area (Å²) in [6.45, 7) is 0.938. The maximum absolute atomic E-state index is 13.2.